The Morgan fingerprint density at radius 1 is 1.07 bits per heavy atom. The van der Waals surface area contributed by atoms with E-state index in [1.54, 1.807) is 41.5 Å². The second-order valence-corrected chi connectivity index (χ2v) is 10.6. The predicted octanol–water partition coefficient (Wildman–Crippen LogP) is 2.66. The molecule has 168 valence electrons. The van der Waals surface area contributed by atoms with Crippen LogP contribution in [-0.4, -0.2) is 53.9 Å². The van der Waals surface area contributed by atoms with Crippen LogP contribution in [0.25, 0.3) is 0 Å². The summed E-state index contributed by atoms with van der Waals surface area (Å²) in [6, 6.07) is 3.16. The zero-order valence-corrected chi connectivity index (χ0v) is 19.0. The minimum absolute atomic E-state index is 0.602. The molecular formula is C19H28N2O8S. The van der Waals surface area contributed by atoms with Gasteiger partial charge in [0.2, 0.25) is 10.0 Å². The smallest absolute Gasteiger partial charge is 0.325 e. The van der Waals surface area contributed by atoms with Crippen molar-refractivity contribution in [3.63, 3.8) is 0 Å². The first-order valence-electron chi connectivity index (χ1n) is 9.12. The first kappa shape index (κ1) is 25.5. The van der Waals surface area contributed by atoms with E-state index in [4.69, 9.17) is 9.47 Å². The normalized spacial score (nSPS) is 13.6. The van der Waals surface area contributed by atoms with E-state index >= 15 is 0 Å². The van der Waals surface area contributed by atoms with Gasteiger partial charge in [0.15, 0.2) is 4.90 Å². The van der Waals surface area contributed by atoms with Gasteiger partial charge in [0.05, 0.1) is 11.3 Å². The van der Waals surface area contributed by atoms with Gasteiger partial charge in [0.25, 0.3) is 5.69 Å². The van der Waals surface area contributed by atoms with E-state index in [9.17, 15) is 28.1 Å². The van der Waals surface area contributed by atoms with Gasteiger partial charge < -0.3 is 9.47 Å². The third-order valence-corrected chi connectivity index (χ3v) is 5.53. The largest absolute Gasteiger partial charge is 0.460 e. The lowest BCUT2D eigenvalue weighted by atomic mass is 10.1. The maximum absolute atomic E-state index is 13.1. The molecule has 0 heterocycles. The molecule has 30 heavy (non-hydrogen) atoms. The molecule has 0 amide bonds. The molecule has 0 radical (unpaired) electrons. The Morgan fingerprint density at radius 3 is 2.03 bits per heavy atom. The van der Waals surface area contributed by atoms with Crippen molar-refractivity contribution in [2.75, 3.05) is 7.05 Å². The van der Waals surface area contributed by atoms with Crippen LogP contribution in [0.2, 0.25) is 0 Å². The number of carbonyl (C=O) groups excluding carboxylic acids is 2. The molecule has 1 atom stereocenters. The highest BCUT2D eigenvalue weighted by atomic mass is 32.2. The summed E-state index contributed by atoms with van der Waals surface area (Å²) in [6.45, 7) is 9.65. The molecule has 0 aliphatic carbocycles. The molecular weight excluding hydrogens is 416 g/mol. The number of nitro groups is 1. The van der Waals surface area contributed by atoms with Crippen LogP contribution >= 0.6 is 0 Å². The van der Waals surface area contributed by atoms with Gasteiger partial charge in [-0.2, -0.15) is 4.31 Å². The number of carbonyl (C=O) groups is 2. The predicted molar refractivity (Wildman–Crippen MR) is 108 cm³/mol. The van der Waals surface area contributed by atoms with Gasteiger partial charge in [-0.25, -0.2) is 8.42 Å². The quantitative estimate of drug-likeness (QED) is 0.356. The van der Waals surface area contributed by atoms with Crippen molar-refractivity contribution in [1.29, 1.82) is 0 Å². The molecule has 1 rings (SSSR count). The lowest BCUT2D eigenvalue weighted by Gasteiger charge is -2.29. The fraction of sp³-hybridized carbons (Fsp3) is 0.579. The fourth-order valence-corrected chi connectivity index (χ4v) is 3.88. The molecule has 0 aliphatic heterocycles. The Balaban J connectivity index is 3.39. The summed E-state index contributed by atoms with van der Waals surface area (Å²) < 4.78 is 37.3. The average Bonchev–Trinajstić information content (AvgIpc) is 2.55. The van der Waals surface area contributed by atoms with E-state index in [1.807, 2.05) is 0 Å². The molecule has 0 spiro atoms. The molecule has 0 saturated heterocycles. The van der Waals surface area contributed by atoms with Crippen molar-refractivity contribution in [2.24, 2.45) is 0 Å². The number of para-hydroxylation sites is 1. The lowest BCUT2D eigenvalue weighted by Crippen LogP contribution is -2.47. The van der Waals surface area contributed by atoms with Crippen LogP contribution in [0.15, 0.2) is 29.2 Å². The summed E-state index contributed by atoms with van der Waals surface area (Å²) in [4.78, 5) is 34.9. The number of nitro benzene ring substituents is 1. The first-order valence-corrected chi connectivity index (χ1v) is 10.6. The van der Waals surface area contributed by atoms with Crippen LogP contribution in [0.5, 0.6) is 0 Å². The monoisotopic (exact) mass is 444 g/mol. The summed E-state index contributed by atoms with van der Waals surface area (Å²) in [6.07, 6.45) is -0.622. The minimum Gasteiger partial charge on any atom is -0.460 e. The van der Waals surface area contributed by atoms with Gasteiger partial charge in [-0.05, 0) is 47.6 Å². The molecule has 1 aromatic rings. The van der Waals surface area contributed by atoms with Gasteiger partial charge in [-0.15, -0.1) is 0 Å². The Hall–Kier alpha value is -2.53. The van der Waals surface area contributed by atoms with Crippen molar-refractivity contribution in [1.82, 2.24) is 4.31 Å². The molecule has 0 N–H and O–H groups in total. The van der Waals surface area contributed by atoms with Crippen LogP contribution in [0.4, 0.5) is 5.69 Å². The summed E-state index contributed by atoms with van der Waals surface area (Å²) >= 11 is 0. The van der Waals surface area contributed by atoms with E-state index in [1.165, 1.54) is 12.1 Å². The van der Waals surface area contributed by atoms with E-state index in [2.05, 4.69) is 0 Å². The highest BCUT2D eigenvalue weighted by Gasteiger charge is 2.40. The zero-order chi connectivity index (χ0) is 23.5. The maximum atomic E-state index is 13.1. The Morgan fingerprint density at radius 2 is 1.57 bits per heavy atom. The number of sulfonamides is 1. The van der Waals surface area contributed by atoms with Crippen molar-refractivity contribution in [2.45, 2.75) is 70.1 Å². The Kier molecular flexibility index (Phi) is 7.73. The third kappa shape index (κ3) is 7.06. The summed E-state index contributed by atoms with van der Waals surface area (Å²) in [5.41, 5.74) is -2.46. The summed E-state index contributed by atoms with van der Waals surface area (Å²) in [7, 11) is -3.46. The highest BCUT2D eigenvalue weighted by molar-refractivity contribution is 7.89. The number of hydrogen-bond donors (Lipinski definition) is 0. The molecule has 11 heteroatoms. The van der Waals surface area contributed by atoms with Crippen molar-refractivity contribution in [3.8, 4) is 0 Å². The molecule has 0 aliphatic rings. The van der Waals surface area contributed by atoms with Gasteiger partial charge in [-0.3, -0.25) is 19.7 Å². The van der Waals surface area contributed by atoms with Crippen molar-refractivity contribution >= 4 is 27.6 Å². The third-order valence-electron chi connectivity index (χ3n) is 3.62. The molecule has 0 fully saturated rings. The molecule has 0 saturated carbocycles. The molecule has 0 aromatic heterocycles. The van der Waals surface area contributed by atoms with Crippen LogP contribution in [0, 0.1) is 10.1 Å². The average molecular weight is 445 g/mol. The minimum atomic E-state index is -4.52. The van der Waals surface area contributed by atoms with E-state index in [0.29, 0.717) is 4.31 Å². The number of likely N-dealkylation sites (N-methyl/N-ethyl adjacent to an activating group) is 1. The van der Waals surface area contributed by atoms with Gasteiger partial charge in [0.1, 0.15) is 17.2 Å². The summed E-state index contributed by atoms with van der Waals surface area (Å²) in [5.74, 6) is -1.79. The molecule has 10 nitrogen and oxygen atoms in total. The lowest BCUT2D eigenvalue weighted by molar-refractivity contribution is -0.387. The van der Waals surface area contributed by atoms with Crippen molar-refractivity contribution in [3.05, 3.63) is 34.4 Å². The number of hydrogen-bond acceptors (Lipinski definition) is 8. The first-order chi connectivity index (χ1) is 13.5. The topological polar surface area (TPSA) is 133 Å². The number of rotatable bonds is 7. The van der Waals surface area contributed by atoms with Gasteiger partial charge >= 0.3 is 11.9 Å². The molecule has 0 bridgehead atoms. The second-order valence-electron chi connectivity index (χ2n) is 8.59. The van der Waals surface area contributed by atoms with Crippen LogP contribution < -0.4 is 0 Å². The molecule has 1 aromatic carbocycles. The Bertz CT molecular complexity index is 913. The number of esters is 2. The maximum Gasteiger partial charge on any atom is 0.325 e. The number of ether oxygens (including phenoxy) is 2. The van der Waals surface area contributed by atoms with E-state index < -0.39 is 61.1 Å². The van der Waals surface area contributed by atoms with E-state index in [0.717, 1.165) is 19.2 Å². The number of benzene rings is 1. The van der Waals surface area contributed by atoms with Crippen LogP contribution in [-0.2, 0) is 29.1 Å². The van der Waals surface area contributed by atoms with Crippen molar-refractivity contribution < 1.29 is 32.4 Å². The zero-order valence-electron chi connectivity index (χ0n) is 18.2. The standard InChI is InChI=1S/C19H28N2O8S/c1-18(2,3)28-16(22)12-14(17(23)29-19(4,5)6)20(7)30(26,27)15-11-9-8-10-13(15)21(24)25/h8-11,14H,12H2,1-7H3/t14-/m0/s1. The number of nitrogens with zero attached hydrogens (tertiary/aromatic N) is 2. The van der Waals surface area contributed by atoms with Gasteiger partial charge in [-0.1, -0.05) is 12.1 Å². The van der Waals surface area contributed by atoms with Gasteiger partial charge in [0, 0.05) is 13.1 Å². The highest BCUT2D eigenvalue weighted by Crippen LogP contribution is 2.28. The second kappa shape index (κ2) is 9.09. The SMILES string of the molecule is CN([C@@H](CC(=O)OC(C)(C)C)C(=O)OC(C)(C)C)S(=O)(=O)c1ccccc1[N+](=O)[O-]. The molecule has 0 unspecified atom stereocenters. The summed E-state index contributed by atoms with van der Waals surface area (Å²) in [5, 5.41) is 11.3. The fourth-order valence-electron chi connectivity index (χ4n) is 2.42. The van der Waals surface area contributed by atoms with Crippen LogP contribution in [0.1, 0.15) is 48.0 Å². The van der Waals surface area contributed by atoms with Crippen LogP contribution in [0.3, 0.4) is 0 Å². The van der Waals surface area contributed by atoms with E-state index in [-0.39, 0.29) is 0 Å². The Labute approximate surface area is 176 Å².